The van der Waals surface area contributed by atoms with Gasteiger partial charge in [0.2, 0.25) is 0 Å². The van der Waals surface area contributed by atoms with Crippen LogP contribution in [-0.2, 0) is 0 Å². The average Bonchev–Trinajstić information content (AvgIpc) is 2.42. The standard InChI is InChI=1S/C16H26N2/c1-5-16(6-2)12-18(10-9-17-16)15-8-7-13(3)14(4)11-15/h7-8,11,17H,5-6,9-10,12H2,1-4H3. The van der Waals surface area contributed by atoms with Crippen LogP contribution in [0.2, 0.25) is 0 Å². The van der Waals surface area contributed by atoms with Crippen molar-refractivity contribution in [3.8, 4) is 0 Å². The zero-order valence-corrected chi connectivity index (χ0v) is 12.2. The Morgan fingerprint density at radius 1 is 1.17 bits per heavy atom. The van der Waals surface area contributed by atoms with Crippen LogP contribution >= 0.6 is 0 Å². The van der Waals surface area contributed by atoms with Crippen LogP contribution in [0.3, 0.4) is 0 Å². The molecule has 2 rings (SSSR count). The molecule has 0 spiro atoms. The highest BCUT2D eigenvalue weighted by Gasteiger charge is 2.31. The molecule has 0 saturated carbocycles. The largest absolute Gasteiger partial charge is 0.368 e. The lowest BCUT2D eigenvalue weighted by Crippen LogP contribution is -2.60. The summed E-state index contributed by atoms with van der Waals surface area (Å²) in [5, 5.41) is 3.72. The number of nitrogens with one attached hydrogen (secondary N) is 1. The normalized spacial score (nSPS) is 19.0. The highest BCUT2D eigenvalue weighted by molar-refractivity contribution is 5.51. The fraction of sp³-hybridized carbons (Fsp3) is 0.625. The Morgan fingerprint density at radius 3 is 2.50 bits per heavy atom. The van der Waals surface area contributed by atoms with Gasteiger partial charge in [-0.25, -0.2) is 0 Å². The van der Waals surface area contributed by atoms with E-state index in [1.165, 1.54) is 29.7 Å². The fourth-order valence-corrected chi connectivity index (χ4v) is 2.82. The molecule has 1 aromatic carbocycles. The van der Waals surface area contributed by atoms with Crippen molar-refractivity contribution < 1.29 is 0 Å². The van der Waals surface area contributed by atoms with Crippen LogP contribution in [0.25, 0.3) is 0 Å². The van der Waals surface area contributed by atoms with E-state index in [0.29, 0.717) is 5.54 Å². The van der Waals surface area contributed by atoms with Crippen molar-refractivity contribution >= 4 is 5.69 Å². The topological polar surface area (TPSA) is 15.3 Å². The first kappa shape index (κ1) is 13.4. The van der Waals surface area contributed by atoms with Crippen LogP contribution in [0.1, 0.15) is 37.8 Å². The van der Waals surface area contributed by atoms with Gasteiger partial charge in [-0.2, -0.15) is 0 Å². The van der Waals surface area contributed by atoms with E-state index in [4.69, 9.17) is 0 Å². The second-order valence-electron chi connectivity index (χ2n) is 5.60. The lowest BCUT2D eigenvalue weighted by molar-refractivity contribution is 0.277. The Kier molecular flexibility index (Phi) is 3.96. The molecule has 1 aliphatic rings. The van der Waals surface area contributed by atoms with Crippen molar-refractivity contribution in [2.45, 2.75) is 46.1 Å². The third-order valence-corrected chi connectivity index (χ3v) is 4.58. The smallest absolute Gasteiger partial charge is 0.0370 e. The Morgan fingerprint density at radius 2 is 1.89 bits per heavy atom. The molecular weight excluding hydrogens is 220 g/mol. The Balaban J connectivity index is 2.20. The molecule has 1 saturated heterocycles. The van der Waals surface area contributed by atoms with Gasteiger partial charge in [0.05, 0.1) is 0 Å². The number of nitrogens with zero attached hydrogens (tertiary/aromatic N) is 1. The first-order valence-corrected chi connectivity index (χ1v) is 7.17. The summed E-state index contributed by atoms with van der Waals surface area (Å²) in [7, 11) is 0. The van der Waals surface area contributed by atoms with Crippen molar-refractivity contribution in [3.05, 3.63) is 29.3 Å². The number of benzene rings is 1. The lowest BCUT2D eigenvalue weighted by atomic mass is 9.90. The summed E-state index contributed by atoms with van der Waals surface area (Å²) < 4.78 is 0. The van der Waals surface area contributed by atoms with E-state index < -0.39 is 0 Å². The quantitative estimate of drug-likeness (QED) is 0.880. The molecule has 1 fully saturated rings. The molecule has 0 atom stereocenters. The molecule has 100 valence electrons. The second kappa shape index (κ2) is 5.31. The van der Waals surface area contributed by atoms with Crippen molar-refractivity contribution in [3.63, 3.8) is 0 Å². The second-order valence-corrected chi connectivity index (χ2v) is 5.60. The van der Waals surface area contributed by atoms with Crippen molar-refractivity contribution in [2.24, 2.45) is 0 Å². The van der Waals surface area contributed by atoms with E-state index in [1.807, 2.05) is 0 Å². The molecule has 1 N–H and O–H groups in total. The molecule has 1 aromatic rings. The van der Waals surface area contributed by atoms with Crippen LogP contribution in [0.5, 0.6) is 0 Å². The van der Waals surface area contributed by atoms with Gasteiger partial charge in [-0.15, -0.1) is 0 Å². The first-order chi connectivity index (χ1) is 8.60. The third-order valence-electron chi connectivity index (χ3n) is 4.58. The maximum Gasteiger partial charge on any atom is 0.0370 e. The Hall–Kier alpha value is -1.02. The summed E-state index contributed by atoms with van der Waals surface area (Å²) in [6.45, 7) is 12.3. The monoisotopic (exact) mass is 246 g/mol. The number of piperazine rings is 1. The molecule has 0 aliphatic carbocycles. The SMILES string of the molecule is CCC1(CC)CN(c2ccc(C)c(C)c2)CCN1. The molecule has 0 unspecified atom stereocenters. The van der Waals surface area contributed by atoms with Crippen molar-refractivity contribution in [1.29, 1.82) is 0 Å². The molecule has 2 heteroatoms. The molecule has 18 heavy (non-hydrogen) atoms. The predicted octanol–water partition coefficient (Wildman–Crippen LogP) is 3.27. The zero-order chi connectivity index (χ0) is 13.2. The van der Waals surface area contributed by atoms with Crippen LogP contribution in [0, 0.1) is 13.8 Å². The van der Waals surface area contributed by atoms with Crippen LogP contribution in [0.4, 0.5) is 5.69 Å². The zero-order valence-electron chi connectivity index (χ0n) is 12.2. The number of hydrogen-bond donors (Lipinski definition) is 1. The van der Waals surface area contributed by atoms with E-state index in [1.54, 1.807) is 0 Å². The summed E-state index contributed by atoms with van der Waals surface area (Å²) in [6.07, 6.45) is 2.40. The van der Waals surface area contributed by atoms with Gasteiger partial charge in [0.1, 0.15) is 0 Å². The van der Waals surface area contributed by atoms with Gasteiger partial charge < -0.3 is 10.2 Å². The van der Waals surface area contributed by atoms with Gasteiger partial charge in [0.25, 0.3) is 0 Å². The minimum absolute atomic E-state index is 0.303. The summed E-state index contributed by atoms with van der Waals surface area (Å²) in [4.78, 5) is 2.54. The summed E-state index contributed by atoms with van der Waals surface area (Å²) in [5.41, 5.74) is 4.46. The number of anilines is 1. The molecule has 2 nitrogen and oxygen atoms in total. The molecule has 1 aliphatic heterocycles. The minimum Gasteiger partial charge on any atom is -0.368 e. The molecular formula is C16H26N2. The molecule has 0 bridgehead atoms. The van der Waals surface area contributed by atoms with E-state index in [-0.39, 0.29) is 0 Å². The highest BCUT2D eigenvalue weighted by Crippen LogP contribution is 2.26. The van der Waals surface area contributed by atoms with Crippen molar-refractivity contribution in [2.75, 3.05) is 24.5 Å². The van der Waals surface area contributed by atoms with E-state index in [0.717, 1.165) is 19.6 Å². The van der Waals surface area contributed by atoms with Gasteiger partial charge >= 0.3 is 0 Å². The molecule has 0 radical (unpaired) electrons. The maximum absolute atomic E-state index is 3.72. The van der Waals surface area contributed by atoms with Crippen LogP contribution in [0.15, 0.2) is 18.2 Å². The van der Waals surface area contributed by atoms with E-state index >= 15 is 0 Å². The number of rotatable bonds is 3. The first-order valence-electron chi connectivity index (χ1n) is 7.17. The Labute approximate surface area is 111 Å². The average molecular weight is 246 g/mol. The summed E-state index contributed by atoms with van der Waals surface area (Å²) in [6, 6.07) is 6.84. The fourth-order valence-electron chi connectivity index (χ4n) is 2.82. The van der Waals surface area contributed by atoms with Gasteiger partial charge in [0.15, 0.2) is 0 Å². The van der Waals surface area contributed by atoms with Crippen LogP contribution in [-0.4, -0.2) is 25.2 Å². The van der Waals surface area contributed by atoms with E-state index in [2.05, 4.69) is 56.1 Å². The van der Waals surface area contributed by atoms with Gasteiger partial charge in [-0.05, 0) is 49.9 Å². The van der Waals surface area contributed by atoms with Gasteiger partial charge in [0, 0.05) is 30.9 Å². The molecule has 1 heterocycles. The third kappa shape index (κ3) is 2.54. The van der Waals surface area contributed by atoms with E-state index in [9.17, 15) is 0 Å². The minimum atomic E-state index is 0.303. The highest BCUT2D eigenvalue weighted by atomic mass is 15.2. The van der Waals surface area contributed by atoms with Gasteiger partial charge in [-0.1, -0.05) is 19.9 Å². The number of aryl methyl sites for hydroxylation is 2. The Bertz CT molecular complexity index is 408. The summed E-state index contributed by atoms with van der Waals surface area (Å²) >= 11 is 0. The predicted molar refractivity (Wildman–Crippen MR) is 79.4 cm³/mol. The molecule has 0 aromatic heterocycles. The van der Waals surface area contributed by atoms with Crippen molar-refractivity contribution in [1.82, 2.24) is 5.32 Å². The summed E-state index contributed by atoms with van der Waals surface area (Å²) in [5.74, 6) is 0. The number of hydrogen-bond acceptors (Lipinski definition) is 2. The lowest BCUT2D eigenvalue weighted by Gasteiger charge is -2.44. The maximum atomic E-state index is 3.72. The van der Waals surface area contributed by atoms with Gasteiger partial charge in [-0.3, -0.25) is 0 Å². The van der Waals surface area contributed by atoms with Crippen LogP contribution < -0.4 is 10.2 Å². The molecule has 0 amide bonds.